The van der Waals surface area contributed by atoms with Crippen molar-refractivity contribution in [2.45, 2.75) is 16.7 Å². The van der Waals surface area contributed by atoms with Gasteiger partial charge in [0.05, 0.1) is 22.2 Å². The average molecular weight is 623 g/mol. The minimum Gasteiger partial charge on any atom is -0.326 e. The van der Waals surface area contributed by atoms with E-state index < -0.39 is 63.3 Å². The van der Waals surface area contributed by atoms with E-state index in [1.807, 2.05) is 0 Å². The standard InChI is InChI=1S/C25H15Cl4F4N3O3/c26-11-3-1-10(2-4-11)17-18(25(17,28)29)23(38)34-12-5-6-14(27)13(9-12)22(37)35-16-8-7-15(30)20(19(16)31)36-24(39)21(32)33/h1-9,17-18,21H,(H,34,38)(H,35,37)(H,36,39)/t17-,18+/m0/s1. The van der Waals surface area contributed by atoms with Crippen molar-refractivity contribution in [3.8, 4) is 0 Å². The molecule has 4 rings (SSSR count). The monoisotopic (exact) mass is 621 g/mol. The van der Waals surface area contributed by atoms with Crippen molar-refractivity contribution in [1.82, 2.24) is 0 Å². The third kappa shape index (κ3) is 6.09. The van der Waals surface area contributed by atoms with Gasteiger partial charge in [0.2, 0.25) is 5.91 Å². The molecule has 204 valence electrons. The first-order valence-electron chi connectivity index (χ1n) is 10.9. The van der Waals surface area contributed by atoms with Crippen LogP contribution in [-0.4, -0.2) is 28.5 Å². The van der Waals surface area contributed by atoms with Crippen molar-refractivity contribution < 1.29 is 31.9 Å². The normalized spacial score (nSPS) is 17.5. The van der Waals surface area contributed by atoms with Gasteiger partial charge in [-0.15, -0.1) is 23.2 Å². The van der Waals surface area contributed by atoms with Crippen molar-refractivity contribution in [3.05, 3.63) is 87.4 Å². The largest absolute Gasteiger partial charge is 0.326 e. The Morgan fingerprint density at radius 1 is 0.872 bits per heavy atom. The van der Waals surface area contributed by atoms with Gasteiger partial charge in [-0.3, -0.25) is 14.4 Å². The number of anilines is 3. The molecule has 0 aliphatic heterocycles. The van der Waals surface area contributed by atoms with Gasteiger partial charge in [0.15, 0.2) is 5.82 Å². The summed E-state index contributed by atoms with van der Waals surface area (Å²) in [5.41, 5.74) is -1.19. The maximum absolute atomic E-state index is 14.7. The Balaban J connectivity index is 1.51. The molecule has 0 heterocycles. The third-order valence-electron chi connectivity index (χ3n) is 5.83. The van der Waals surface area contributed by atoms with E-state index in [1.54, 1.807) is 24.3 Å². The lowest BCUT2D eigenvalue weighted by atomic mass is 10.1. The molecular weight excluding hydrogens is 608 g/mol. The summed E-state index contributed by atoms with van der Waals surface area (Å²) in [4.78, 5) is 37.0. The lowest BCUT2D eigenvalue weighted by Gasteiger charge is -2.13. The number of rotatable bonds is 7. The molecular formula is C25H15Cl4F4N3O3. The van der Waals surface area contributed by atoms with Crippen LogP contribution in [-0.2, 0) is 9.59 Å². The van der Waals surface area contributed by atoms with Crippen LogP contribution >= 0.6 is 46.4 Å². The molecule has 0 spiro atoms. The molecule has 3 N–H and O–H groups in total. The Morgan fingerprint density at radius 2 is 1.54 bits per heavy atom. The summed E-state index contributed by atoms with van der Waals surface area (Å²) in [7, 11) is 0. The number of halogens is 8. The molecule has 0 saturated heterocycles. The van der Waals surface area contributed by atoms with E-state index in [0.29, 0.717) is 16.7 Å². The van der Waals surface area contributed by atoms with Gasteiger partial charge in [-0.05, 0) is 48.0 Å². The molecule has 3 amide bonds. The highest BCUT2D eigenvalue weighted by Crippen LogP contribution is 2.65. The summed E-state index contributed by atoms with van der Waals surface area (Å²) in [5, 5.41) is 6.56. The van der Waals surface area contributed by atoms with Crippen molar-refractivity contribution in [1.29, 1.82) is 0 Å². The summed E-state index contributed by atoms with van der Waals surface area (Å²) in [6.07, 6.45) is -3.53. The average Bonchev–Trinajstić information content (AvgIpc) is 3.46. The number of nitrogens with one attached hydrogen (secondary N) is 3. The maximum atomic E-state index is 14.7. The first kappa shape index (κ1) is 28.9. The Labute approximate surface area is 238 Å². The van der Waals surface area contributed by atoms with Crippen molar-refractivity contribution in [3.63, 3.8) is 0 Å². The van der Waals surface area contributed by atoms with E-state index in [0.717, 1.165) is 6.07 Å². The van der Waals surface area contributed by atoms with Crippen LogP contribution in [0.2, 0.25) is 10.0 Å². The number of amides is 3. The van der Waals surface area contributed by atoms with Crippen molar-refractivity contribution in [2.24, 2.45) is 5.92 Å². The highest BCUT2D eigenvalue weighted by molar-refractivity contribution is 6.53. The molecule has 2 atom stereocenters. The molecule has 0 radical (unpaired) electrons. The van der Waals surface area contributed by atoms with Gasteiger partial charge in [0.1, 0.15) is 15.8 Å². The Bertz CT molecular complexity index is 1470. The van der Waals surface area contributed by atoms with Crippen LogP contribution in [0.15, 0.2) is 54.6 Å². The maximum Gasteiger partial charge on any atom is 0.315 e. The second kappa shape index (κ2) is 11.2. The smallest absolute Gasteiger partial charge is 0.315 e. The van der Waals surface area contributed by atoms with Gasteiger partial charge in [-0.25, -0.2) is 8.78 Å². The second-order valence-electron chi connectivity index (χ2n) is 8.39. The molecule has 39 heavy (non-hydrogen) atoms. The summed E-state index contributed by atoms with van der Waals surface area (Å²) in [6, 6.07) is 12.0. The van der Waals surface area contributed by atoms with Gasteiger partial charge < -0.3 is 16.0 Å². The van der Waals surface area contributed by atoms with E-state index in [-0.39, 0.29) is 16.3 Å². The van der Waals surface area contributed by atoms with E-state index in [9.17, 15) is 31.9 Å². The number of benzene rings is 3. The van der Waals surface area contributed by atoms with Gasteiger partial charge in [-0.2, -0.15) is 8.78 Å². The Morgan fingerprint density at radius 3 is 2.18 bits per heavy atom. The van der Waals surface area contributed by atoms with Crippen LogP contribution in [0.1, 0.15) is 21.8 Å². The summed E-state index contributed by atoms with van der Waals surface area (Å²) >= 11 is 24.7. The lowest BCUT2D eigenvalue weighted by Crippen LogP contribution is -2.22. The van der Waals surface area contributed by atoms with Crippen LogP contribution in [0.4, 0.5) is 34.6 Å². The molecule has 1 aliphatic carbocycles. The molecule has 0 unspecified atom stereocenters. The molecule has 1 fully saturated rings. The molecule has 14 heteroatoms. The van der Waals surface area contributed by atoms with Crippen LogP contribution in [0, 0.1) is 17.6 Å². The molecule has 3 aromatic rings. The highest BCUT2D eigenvalue weighted by atomic mass is 35.5. The minimum atomic E-state index is -3.53. The summed E-state index contributed by atoms with van der Waals surface area (Å²) in [6.45, 7) is 0. The first-order valence-corrected chi connectivity index (χ1v) is 12.4. The van der Waals surface area contributed by atoms with Gasteiger partial charge in [0.25, 0.3) is 11.8 Å². The Hall–Kier alpha value is -3.05. The minimum absolute atomic E-state index is 0.0891. The third-order valence-corrected chi connectivity index (χ3v) is 7.35. The van der Waals surface area contributed by atoms with Crippen molar-refractivity contribution in [2.75, 3.05) is 16.0 Å². The quantitative estimate of drug-likeness (QED) is 0.192. The van der Waals surface area contributed by atoms with Crippen LogP contribution in [0.5, 0.6) is 0 Å². The summed E-state index contributed by atoms with van der Waals surface area (Å²) in [5.74, 6) is -7.65. The number of carbonyl (C=O) groups is 3. The molecule has 0 aromatic heterocycles. The predicted octanol–water partition coefficient (Wildman–Crippen LogP) is 7.25. The zero-order valence-electron chi connectivity index (χ0n) is 19.2. The van der Waals surface area contributed by atoms with Crippen LogP contribution < -0.4 is 16.0 Å². The van der Waals surface area contributed by atoms with Crippen LogP contribution in [0.3, 0.4) is 0 Å². The van der Waals surface area contributed by atoms with Gasteiger partial charge in [-0.1, -0.05) is 35.3 Å². The van der Waals surface area contributed by atoms with E-state index >= 15 is 0 Å². The predicted molar refractivity (Wildman–Crippen MR) is 141 cm³/mol. The summed E-state index contributed by atoms with van der Waals surface area (Å²) < 4.78 is 52.3. The number of hydrogen-bond acceptors (Lipinski definition) is 3. The second-order valence-corrected chi connectivity index (χ2v) is 10.7. The fraction of sp³-hybridized carbons (Fsp3) is 0.160. The molecule has 3 aromatic carbocycles. The Kier molecular flexibility index (Phi) is 8.32. The highest BCUT2D eigenvalue weighted by Gasteiger charge is 2.67. The number of alkyl halides is 4. The lowest BCUT2D eigenvalue weighted by molar-refractivity contribution is -0.126. The van der Waals surface area contributed by atoms with E-state index in [4.69, 9.17) is 46.4 Å². The molecule has 1 saturated carbocycles. The zero-order chi connectivity index (χ0) is 28.6. The van der Waals surface area contributed by atoms with Gasteiger partial charge in [0, 0.05) is 16.6 Å². The zero-order valence-corrected chi connectivity index (χ0v) is 22.2. The number of carbonyl (C=O) groups excluding carboxylic acids is 3. The fourth-order valence-electron chi connectivity index (χ4n) is 3.87. The molecule has 0 bridgehead atoms. The first-order chi connectivity index (χ1) is 18.3. The van der Waals surface area contributed by atoms with Crippen LogP contribution in [0.25, 0.3) is 0 Å². The van der Waals surface area contributed by atoms with E-state index in [2.05, 4.69) is 10.6 Å². The molecule has 6 nitrogen and oxygen atoms in total. The fourth-order valence-corrected chi connectivity index (χ4v) is 5.02. The van der Waals surface area contributed by atoms with Gasteiger partial charge >= 0.3 is 6.43 Å². The van der Waals surface area contributed by atoms with Crippen molar-refractivity contribution >= 4 is 81.2 Å². The SMILES string of the molecule is O=C(Nc1ccc(F)c(NC(=O)C(F)F)c1F)c1cc(NC(=O)[C@H]2[C@H](c3ccc(Cl)cc3)C2(Cl)Cl)ccc1Cl. The van der Waals surface area contributed by atoms with E-state index in [1.165, 1.54) is 23.5 Å². The number of hydrogen-bond donors (Lipinski definition) is 3. The molecule has 1 aliphatic rings. The topological polar surface area (TPSA) is 87.3 Å².